The van der Waals surface area contributed by atoms with E-state index < -0.39 is 0 Å². The van der Waals surface area contributed by atoms with Crippen LogP contribution in [-0.4, -0.2) is 53.7 Å². The molecule has 0 fully saturated rings. The fraction of sp³-hybridized carbons (Fsp3) is 0.238. The van der Waals surface area contributed by atoms with E-state index in [2.05, 4.69) is 83.5 Å². The molecule has 7 nitrogen and oxygen atoms in total. The van der Waals surface area contributed by atoms with Crippen molar-refractivity contribution in [3.8, 4) is 97.7 Å². The molecule has 0 aromatic carbocycles. The van der Waals surface area contributed by atoms with Crippen molar-refractivity contribution in [3.05, 3.63) is 9.93 Å². The van der Waals surface area contributed by atoms with Crippen LogP contribution in [0.3, 0.4) is 0 Å². The average molecular weight is 434 g/mol. The molecule has 7 N–H and O–H groups in total. The maximum Gasteiger partial charge on any atom is 2.00 e. The second kappa shape index (κ2) is 221. The van der Waals surface area contributed by atoms with E-state index in [4.69, 9.17) is 39.7 Å². The minimum Gasteiger partial charge on any atom is -1.00 e. The van der Waals surface area contributed by atoms with Crippen LogP contribution in [0.5, 0.6) is 0 Å². The average Bonchev–Trinajstić information content (AvgIpc) is 2.66. The van der Waals surface area contributed by atoms with E-state index in [1.54, 1.807) is 13.8 Å². The molecular formula is C21H31CaNO6. The first kappa shape index (κ1) is 72.1. The molecule has 0 aliphatic carbocycles. The van der Waals surface area contributed by atoms with Crippen molar-refractivity contribution in [2.45, 2.75) is 35.1 Å². The smallest absolute Gasteiger partial charge is 1.00 e. The number of hydrogen-bond acceptors (Lipinski definition) is 6. The predicted molar refractivity (Wildman–Crippen MR) is 128 cm³/mol. The Morgan fingerprint density at radius 1 is 0.724 bits per heavy atom. The van der Waals surface area contributed by atoms with Crippen molar-refractivity contribution < 1.29 is 23.9 Å². The van der Waals surface area contributed by atoms with Crippen molar-refractivity contribution in [1.82, 2.24) is 6.15 Å². The Hall–Kier alpha value is -2.86. The second-order valence-electron chi connectivity index (χ2n) is 1.93. The minimum absolute atomic E-state index is 0. The zero-order valence-corrected chi connectivity index (χ0v) is 18.7. The zero-order valence-electron chi connectivity index (χ0n) is 18.5. The van der Waals surface area contributed by atoms with Crippen molar-refractivity contribution in [2.24, 2.45) is 0 Å². The van der Waals surface area contributed by atoms with Crippen LogP contribution in [0.25, 0.3) is 0 Å². The van der Waals surface area contributed by atoms with Gasteiger partial charge in [-0.2, -0.15) is 0 Å². The molecule has 29 heavy (non-hydrogen) atoms. The van der Waals surface area contributed by atoms with Gasteiger partial charge in [-0.3, -0.25) is 0 Å². The summed E-state index contributed by atoms with van der Waals surface area (Å²) in [5.74, 6) is 23.3. The summed E-state index contributed by atoms with van der Waals surface area (Å²) >= 11 is 0. The third-order valence-electron chi connectivity index (χ3n) is 0.654. The van der Waals surface area contributed by atoms with Crippen molar-refractivity contribution in [2.75, 3.05) is 0 Å². The predicted octanol–water partition coefficient (Wildman–Crippen LogP) is 2.65. The van der Waals surface area contributed by atoms with Gasteiger partial charge in [0, 0.05) is 9.93 Å². The molecule has 0 unspecified atom stereocenters. The molecule has 158 valence electrons. The summed E-state index contributed by atoms with van der Waals surface area (Å²) in [5.41, 5.74) is 0. The van der Waals surface area contributed by atoms with E-state index in [1.807, 2.05) is 13.8 Å². The van der Waals surface area contributed by atoms with Gasteiger partial charge in [0.05, 0.1) is 0 Å². The molecule has 0 heterocycles. The van der Waals surface area contributed by atoms with Crippen molar-refractivity contribution in [3.63, 3.8) is 0 Å². The molecule has 0 aromatic heterocycles. The van der Waals surface area contributed by atoms with Crippen LogP contribution in [0, 0.1) is 108 Å². The summed E-state index contributed by atoms with van der Waals surface area (Å²) < 4.78 is 0. The summed E-state index contributed by atoms with van der Waals surface area (Å²) in [6.07, 6.45) is 26.7. The number of hydrogen-bond donors (Lipinski definition) is 3. The summed E-state index contributed by atoms with van der Waals surface area (Å²) in [6, 6.07) is 0. The van der Waals surface area contributed by atoms with Crippen LogP contribution in [0.15, 0.2) is 0 Å². The van der Waals surface area contributed by atoms with Gasteiger partial charge in [0.1, 0.15) is 0 Å². The Bertz CT molecular complexity index is 585. The molecule has 0 saturated heterocycles. The third-order valence-corrected chi connectivity index (χ3v) is 0.654. The summed E-state index contributed by atoms with van der Waals surface area (Å²) in [6.45, 7) is 7.00. The summed E-state index contributed by atoms with van der Waals surface area (Å²) in [7, 11) is 0. The van der Waals surface area contributed by atoms with E-state index in [0.717, 1.165) is 0 Å². The van der Waals surface area contributed by atoms with Gasteiger partial charge in [0.15, 0.2) is 0 Å². The van der Waals surface area contributed by atoms with E-state index >= 15 is 0 Å². The van der Waals surface area contributed by atoms with Gasteiger partial charge < -0.3 is 14.5 Å². The topological polar surface area (TPSA) is 150 Å². The fourth-order valence-corrected chi connectivity index (χ4v) is 0.144. The Morgan fingerprint density at radius 3 is 0.931 bits per heavy atom. The van der Waals surface area contributed by atoms with E-state index in [9.17, 15) is 0 Å². The number of terminal acetylenes is 5. The molecule has 0 spiro atoms. The first-order valence-electron chi connectivity index (χ1n) is 5.52. The Labute approximate surface area is 209 Å². The molecule has 0 radical (unpaired) electrons. The summed E-state index contributed by atoms with van der Waals surface area (Å²) in [4.78, 5) is 14.0. The van der Waals surface area contributed by atoms with Crippen LogP contribution < -0.4 is 6.15 Å². The van der Waals surface area contributed by atoms with Crippen LogP contribution in [0.1, 0.15) is 38.0 Å². The minimum atomic E-state index is 0. The molecule has 8 heteroatoms. The maximum atomic E-state index is 7.00. The van der Waals surface area contributed by atoms with E-state index in [-0.39, 0.29) is 59.6 Å². The maximum absolute atomic E-state index is 7.00. The van der Waals surface area contributed by atoms with Gasteiger partial charge in [-0.15, -0.1) is 56.3 Å². The molecule has 0 bridgehead atoms. The Kier molecular flexibility index (Phi) is 550. The van der Waals surface area contributed by atoms with Crippen LogP contribution in [-0.2, 0) is 5.04 Å². The van der Waals surface area contributed by atoms with Gasteiger partial charge in [0.25, 0.3) is 0 Å². The molecule has 0 aromatic rings. The van der Waals surface area contributed by atoms with Crippen LogP contribution >= 0.6 is 0 Å². The van der Waals surface area contributed by atoms with E-state index in [1.165, 1.54) is 0 Å². The molecule has 0 aliphatic rings. The van der Waals surface area contributed by atoms with Gasteiger partial charge >= 0.3 is 37.7 Å². The normalized spacial score (nSPS) is 2.76. The molecule has 0 aliphatic heterocycles. The quantitative estimate of drug-likeness (QED) is 0.231. The molecular weight excluding hydrogens is 402 g/mol. The van der Waals surface area contributed by atoms with Crippen molar-refractivity contribution in [1.29, 1.82) is 0 Å². The largest absolute Gasteiger partial charge is 2.00 e. The summed E-state index contributed by atoms with van der Waals surface area (Å²) in [5, 5.41) is 15.5. The van der Waals surface area contributed by atoms with Crippen molar-refractivity contribution >= 4 is 37.7 Å². The SMILES string of the molecule is C.C#C.C#CC.C#CC#CC.C#CC#CC#C.CC#CC.N.O.O=O.OOO.[Ca+2].[H-].[H-]. The molecule has 0 amide bonds. The monoisotopic (exact) mass is 433 g/mol. The van der Waals surface area contributed by atoms with Gasteiger partial charge in [0.2, 0.25) is 0 Å². The third kappa shape index (κ3) is 1370. The van der Waals surface area contributed by atoms with Crippen LogP contribution in [0.4, 0.5) is 0 Å². The second-order valence-corrected chi connectivity index (χ2v) is 1.93. The van der Waals surface area contributed by atoms with Crippen LogP contribution in [0.2, 0.25) is 0 Å². The Morgan fingerprint density at radius 2 is 0.897 bits per heavy atom. The standard InChI is InChI=1S/C6H2.C5H4.C4H6.C3H4.C2H2.CH4.Ca.H3N.H2O3.O2.H2O.2H/c1-3-5-6-4-2;1-3-5-4-2;1-3-4-2;1-3-2;1-2;;;;1-3-2;1-2;;;/h1-2H;1H,2H3;1-2H3;1H,2H3;1-2H;1H4;;1H3;1-2H;;1H2;;/q;;;;;;+2;;;;;2*-1. The number of rotatable bonds is 0. The van der Waals surface area contributed by atoms with E-state index in [0.29, 0.717) is 0 Å². The first-order chi connectivity index (χ1) is 12.1. The zero-order chi connectivity index (χ0) is 21.8. The molecule has 0 saturated carbocycles. The Balaban J connectivity index is -0.0000000111. The van der Waals surface area contributed by atoms with Gasteiger partial charge in [-0.05, 0) is 63.2 Å². The molecule has 0 rings (SSSR count). The fourth-order valence-electron chi connectivity index (χ4n) is 0.144. The first-order valence-corrected chi connectivity index (χ1v) is 5.52. The van der Waals surface area contributed by atoms with Gasteiger partial charge in [-0.25, -0.2) is 10.5 Å². The van der Waals surface area contributed by atoms with Gasteiger partial charge in [-0.1, -0.05) is 18.4 Å². The molecule has 0 atom stereocenters.